The van der Waals surface area contributed by atoms with E-state index in [1.807, 2.05) is 11.8 Å². The van der Waals surface area contributed by atoms with E-state index in [1.165, 1.54) is 19.3 Å². The van der Waals surface area contributed by atoms with Crippen molar-refractivity contribution in [1.29, 1.82) is 0 Å². The molecular formula is C26H48N3O4+. The van der Waals surface area contributed by atoms with E-state index in [1.54, 1.807) is 12.2 Å². The van der Waals surface area contributed by atoms with E-state index in [9.17, 15) is 9.59 Å². The summed E-state index contributed by atoms with van der Waals surface area (Å²) in [5.41, 5.74) is 0. The summed E-state index contributed by atoms with van der Waals surface area (Å²) < 4.78 is 12.3. The summed E-state index contributed by atoms with van der Waals surface area (Å²) in [6.45, 7) is 16.9. The number of carbonyl (C=O) groups excluding carboxylic acids is 2. The SMILES string of the molecule is C=CCOCC[N+](CCCCCCCCNC(=O)CC)(CCOCC=C)CN1CCCC1=O. The number of unbranched alkanes of at least 4 members (excludes halogenated alkanes) is 5. The predicted octanol–water partition coefficient (Wildman–Crippen LogP) is 3.66. The lowest BCUT2D eigenvalue weighted by atomic mass is 10.1. The minimum absolute atomic E-state index is 0.134. The molecule has 1 rings (SSSR count). The first-order chi connectivity index (χ1) is 16.1. The van der Waals surface area contributed by atoms with Crippen LogP contribution in [-0.4, -0.2) is 87.0 Å². The van der Waals surface area contributed by atoms with Gasteiger partial charge in [-0.15, -0.1) is 13.2 Å². The molecule has 0 saturated carbocycles. The maximum atomic E-state index is 12.4. The Hall–Kier alpha value is -1.70. The molecule has 0 unspecified atom stereocenters. The molecule has 1 aliphatic rings. The highest BCUT2D eigenvalue weighted by atomic mass is 16.5. The summed E-state index contributed by atoms with van der Waals surface area (Å²) in [5, 5.41) is 2.94. The lowest BCUT2D eigenvalue weighted by molar-refractivity contribution is -0.936. The van der Waals surface area contributed by atoms with Crippen LogP contribution in [0.4, 0.5) is 0 Å². The molecule has 190 valence electrons. The highest BCUT2D eigenvalue weighted by Crippen LogP contribution is 2.18. The zero-order valence-corrected chi connectivity index (χ0v) is 21.0. The Bertz CT molecular complexity index is 552. The van der Waals surface area contributed by atoms with E-state index >= 15 is 0 Å². The zero-order chi connectivity index (χ0) is 24.2. The van der Waals surface area contributed by atoms with Gasteiger partial charge in [0.1, 0.15) is 13.1 Å². The molecule has 1 aliphatic heterocycles. The van der Waals surface area contributed by atoms with Crippen LogP contribution in [0, 0.1) is 0 Å². The van der Waals surface area contributed by atoms with Crippen LogP contribution in [0.15, 0.2) is 25.3 Å². The predicted molar refractivity (Wildman–Crippen MR) is 134 cm³/mol. The van der Waals surface area contributed by atoms with Crippen LogP contribution in [0.5, 0.6) is 0 Å². The second-order valence-corrected chi connectivity index (χ2v) is 8.97. The summed E-state index contributed by atoms with van der Waals surface area (Å²) in [7, 11) is 0. The first-order valence-corrected chi connectivity index (χ1v) is 12.8. The fraction of sp³-hybridized carbons (Fsp3) is 0.769. The first-order valence-electron chi connectivity index (χ1n) is 12.8. The highest BCUT2D eigenvalue weighted by Gasteiger charge is 2.33. The number of nitrogens with one attached hydrogen (secondary N) is 1. The number of likely N-dealkylation sites (tertiary alicyclic amines) is 1. The van der Waals surface area contributed by atoms with Gasteiger partial charge >= 0.3 is 0 Å². The van der Waals surface area contributed by atoms with Crippen molar-refractivity contribution in [3.05, 3.63) is 25.3 Å². The lowest BCUT2D eigenvalue weighted by Crippen LogP contribution is -2.58. The fourth-order valence-electron chi connectivity index (χ4n) is 4.25. The van der Waals surface area contributed by atoms with Crippen LogP contribution in [-0.2, 0) is 19.1 Å². The third kappa shape index (κ3) is 13.6. The molecule has 0 spiro atoms. The van der Waals surface area contributed by atoms with Crippen molar-refractivity contribution in [2.24, 2.45) is 0 Å². The molecule has 0 atom stereocenters. The maximum absolute atomic E-state index is 12.4. The minimum Gasteiger partial charge on any atom is -0.372 e. The number of amides is 2. The quantitative estimate of drug-likeness (QED) is 0.150. The van der Waals surface area contributed by atoms with Gasteiger partial charge in [0, 0.05) is 25.9 Å². The van der Waals surface area contributed by atoms with Crippen LogP contribution in [0.25, 0.3) is 0 Å². The van der Waals surface area contributed by atoms with Crippen LogP contribution < -0.4 is 5.32 Å². The van der Waals surface area contributed by atoms with Gasteiger partial charge in [-0.3, -0.25) is 14.5 Å². The maximum Gasteiger partial charge on any atom is 0.226 e. The highest BCUT2D eigenvalue weighted by molar-refractivity contribution is 5.77. The number of nitrogens with zero attached hydrogens (tertiary/aromatic N) is 2. The van der Waals surface area contributed by atoms with Crippen molar-refractivity contribution in [2.75, 3.05) is 65.8 Å². The van der Waals surface area contributed by atoms with Crippen molar-refractivity contribution >= 4 is 11.8 Å². The molecule has 1 fully saturated rings. The molecule has 0 radical (unpaired) electrons. The second kappa shape index (κ2) is 18.7. The number of hydrogen-bond acceptors (Lipinski definition) is 4. The average molecular weight is 467 g/mol. The first kappa shape index (κ1) is 29.3. The molecule has 0 aromatic carbocycles. The average Bonchev–Trinajstić information content (AvgIpc) is 3.22. The summed E-state index contributed by atoms with van der Waals surface area (Å²) >= 11 is 0. The smallest absolute Gasteiger partial charge is 0.226 e. The molecule has 2 amide bonds. The monoisotopic (exact) mass is 466 g/mol. The minimum atomic E-state index is 0.134. The molecular weight excluding hydrogens is 418 g/mol. The molecule has 0 aromatic heterocycles. The number of quaternary nitrogens is 1. The molecule has 7 nitrogen and oxygen atoms in total. The van der Waals surface area contributed by atoms with E-state index in [-0.39, 0.29) is 11.8 Å². The van der Waals surface area contributed by atoms with Crippen molar-refractivity contribution < 1.29 is 23.5 Å². The van der Waals surface area contributed by atoms with E-state index in [0.29, 0.717) is 39.3 Å². The molecule has 1 saturated heterocycles. The summed E-state index contributed by atoms with van der Waals surface area (Å²) in [6.07, 6.45) is 12.6. The second-order valence-electron chi connectivity index (χ2n) is 8.97. The van der Waals surface area contributed by atoms with Crippen molar-refractivity contribution in [3.63, 3.8) is 0 Å². The number of hydrogen-bond donors (Lipinski definition) is 1. The summed E-state index contributed by atoms with van der Waals surface area (Å²) in [4.78, 5) is 25.7. The summed E-state index contributed by atoms with van der Waals surface area (Å²) in [6, 6.07) is 0. The van der Waals surface area contributed by atoms with Gasteiger partial charge in [0.15, 0.2) is 6.67 Å². The van der Waals surface area contributed by atoms with E-state index < -0.39 is 0 Å². The molecule has 7 heteroatoms. The Morgan fingerprint density at radius 1 is 1.00 bits per heavy atom. The van der Waals surface area contributed by atoms with Gasteiger partial charge in [-0.05, 0) is 25.7 Å². The van der Waals surface area contributed by atoms with Gasteiger partial charge in [0.05, 0.1) is 33.0 Å². The molecule has 1 heterocycles. The largest absolute Gasteiger partial charge is 0.372 e. The lowest BCUT2D eigenvalue weighted by Gasteiger charge is -2.41. The van der Waals surface area contributed by atoms with Crippen molar-refractivity contribution in [1.82, 2.24) is 10.2 Å². The Balaban J connectivity index is 2.54. The Morgan fingerprint density at radius 2 is 1.61 bits per heavy atom. The molecule has 1 N–H and O–H groups in total. The van der Waals surface area contributed by atoms with Gasteiger partial charge in [-0.2, -0.15) is 0 Å². The molecule has 0 bridgehead atoms. The van der Waals surface area contributed by atoms with Crippen LogP contribution in [0.3, 0.4) is 0 Å². The number of rotatable bonds is 22. The third-order valence-electron chi connectivity index (χ3n) is 6.24. The fourth-order valence-corrected chi connectivity index (χ4v) is 4.25. The number of carbonyl (C=O) groups is 2. The standard InChI is InChI=1S/C26H47N3O4/c1-4-20-32-22-18-29(19-23-33-21-5-2,24-28-16-13-14-26(28)31)17-12-10-8-7-9-11-15-27-25(30)6-3/h4-5H,1-2,6-24H2,3H3/p+1. The van der Waals surface area contributed by atoms with E-state index in [4.69, 9.17) is 9.47 Å². The third-order valence-corrected chi connectivity index (χ3v) is 6.24. The van der Waals surface area contributed by atoms with Gasteiger partial charge in [0.25, 0.3) is 0 Å². The number of ether oxygens (including phenoxy) is 2. The van der Waals surface area contributed by atoms with Crippen LogP contribution >= 0.6 is 0 Å². The normalized spacial score (nSPS) is 14.0. The Labute approximate surface area is 201 Å². The van der Waals surface area contributed by atoms with Gasteiger partial charge in [0.2, 0.25) is 11.8 Å². The van der Waals surface area contributed by atoms with Crippen LogP contribution in [0.2, 0.25) is 0 Å². The summed E-state index contributed by atoms with van der Waals surface area (Å²) in [5.74, 6) is 0.404. The topological polar surface area (TPSA) is 67.9 Å². The van der Waals surface area contributed by atoms with E-state index in [2.05, 4.69) is 18.5 Å². The molecule has 0 aliphatic carbocycles. The van der Waals surface area contributed by atoms with Crippen molar-refractivity contribution in [2.45, 2.75) is 64.7 Å². The van der Waals surface area contributed by atoms with Gasteiger partial charge in [-0.1, -0.05) is 38.3 Å². The van der Waals surface area contributed by atoms with Crippen molar-refractivity contribution in [3.8, 4) is 0 Å². The zero-order valence-electron chi connectivity index (χ0n) is 21.0. The van der Waals surface area contributed by atoms with Gasteiger partial charge < -0.3 is 19.3 Å². The Kier molecular flexibility index (Phi) is 16.6. The molecule has 0 aromatic rings. The Morgan fingerprint density at radius 3 is 2.15 bits per heavy atom. The van der Waals surface area contributed by atoms with Crippen LogP contribution in [0.1, 0.15) is 64.7 Å². The molecule has 33 heavy (non-hydrogen) atoms. The van der Waals surface area contributed by atoms with E-state index in [0.717, 1.165) is 69.6 Å². The van der Waals surface area contributed by atoms with Gasteiger partial charge in [-0.25, -0.2) is 0 Å².